The zero-order valence-electron chi connectivity index (χ0n) is 13.9. The number of rotatable bonds is 3. The van der Waals surface area contributed by atoms with Crippen molar-refractivity contribution in [2.24, 2.45) is 10.9 Å². The standard InChI is InChI=1S/C17H24FN3O2/c1-12-4-5-13(10-15(12)18)11-20-17(19-2)21-8-6-14(7-9-21)16(22)23-3/h4-5,10,14H,6-9,11H2,1-3H3,(H,19,20). The van der Waals surface area contributed by atoms with E-state index in [0.717, 1.165) is 37.5 Å². The second-order valence-electron chi connectivity index (χ2n) is 5.77. The second kappa shape index (κ2) is 7.94. The molecule has 1 aromatic rings. The first-order valence-corrected chi connectivity index (χ1v) is 7.83. The van der Waals surface area contributed by atoms with Crippen molar-refractivity contribution in [1.29, 1.82) is 0 Å². The van der Waals surface area contributed by atoms with Gasteiger partial charge in [-0.25, -0.2) is 4.39 Å². The van der Waals surface area contributed by atoms with Gasteiger partial charge in [-0.05, 0) is 37.0 Å². The minimum atomic E-state index is -0.196. The molecule has 2 rings (SSSR count). The minimum Gasteiger partial charge on any atom is -0.469 e. The molecule has 0 amide bonds. The van der Waals surface area contributed by atoms with E-state index in [1.165, 1.54) is 7.11 Å². The largest absolute Gasteiger partial charge is 0.469 e. The van der Waals surface area contributed by atoms with Gasteiger partial charge in [0.25, 0.3) is 0 Å². The number of carbonyl (C=O) groups is 1. The van der Waals surface area contributed by atoms with E-state index in [0.29, 0.717) is 12.1 Å². The van der Waals surface area contributed by atoms with Crippen LogP contribution >= 0.6 is 0 Å². The number of piperidine rings is 1. The lowest BCUT2D eigenvalue weighted by Crippen LogP contribution is -2.46. The van der Waals surface area contributed by atoms with Crippen LogP contribution in [0.4, 0.5) is 4.39 Å². The maximum absolute atomic E-state index is 13.6. The van der Waals surface area contributed by atoms with Crippen LogP contribution in [0, 0.1) is 18.7 Å². The zero-order chi connectivity index (χ0) is 16.8. The first-order valence-electron chi connectivity index (χ1n) is 7.83. The second-order valence-corrected chi connectivity index (χ2v) is 5.77. The summed E-state index contributed by atoms with van der Waals surface area (Å²) in [5, 5.41) is 3.25. The number of esters is 1. The topological polar surface area (TPSA) is 53.9 Å². The normalized spacial score (nSPS) is 16.3. The molecule has 1 saturated heterocycles. The monoisotopic (exact) mass is 321 g/mol. The number of nitrogens with zero attached hydrogens (tertiary/aromatic N) is 2. The number of aliphatic imine (C=N–C) groups is 1. The van der Waals surface area contributed by atoms with Gasteiger partial charge in [0.05, 0.1) is 13.0 Å². The average molecular weight is 321 g/mol. The van der Waals surface area contributed by atoms with Gasteiger partial charge in [-0.15, -0.1) is 0 Å². The summed E-state index contributed by atoms with van der Waals surface area (Å²) in [5.41, 5.74) is 1.52. The summed E-state index contributed by atoms with van der Waals surface area (Å²) in [5.74, 6) is 0.413. The summed E-state index contributed by atoms with van der Waals surface area (Å²) < 4.78 is 18.4. The van der Waals surface area contributed by atoms with Gasteiger partial charge in [0.15, 0.2) is 5.96 Å². The van der Waals surface area contributed by atoms with Crippen molar-refractivity contribution in [3.63, 3.8) is 0 Å². The molecule has 0 bridgehead atoms. The van der Waals surface area contributed by atoms with E-state index in [2.05, 4.69) is 15.2 Å². The van der Waals surface area contributed by atoms with Crippen LogP contribution in [0.5, 0.6) is 0 Å². The van der Waals surface area contributed by atoms with Crippen molar-refractivity contribution in [1.82, 2.24) is 10.2 Å². The molecule has 0 aromatic heterocycles. The molecule has 6 heteroatoms. The fraction of sp³-hybridized carbons (Fsp3) is 0.529. The maximum Gasteiger partial charge on any atom is 0.308 e. The van der Waals surface area contributed by atoms with Gasteiger partial charge in [-0.3, -0.25) is 9.79 Å². The molecule has 1 N–H and O–H groups in total. The summed E-state index contributed by atoms with van der Waals surface area (Å²) in [7, 11) is 3.15. The molecule has 0 atom stereocenters. The SMILES string of the molecule is CN=C(NCc1ccc(C)c(F)c1)N1CCC(C(=O)OC)CC1. The fourth-order valence-electron chi connectivity index (χ4n) is 2.75. The Morgan fingerprint density at radius 2 is 2.13 bits per heavy atom. The third kappa shape index (κ3) is 4.43. The smallest absolute Gasteiger partial charge is 0.308 e. The lowest BCUT2D eigenvalue weighted by Gasteiger charge is -2.33. The first kappa shape index (κ1) is 17.2. The average Bonchev–Trinajstić information content (AvgIpc) is 2.58. The van der Waals surface area contributed by atoms with Crippen LogP contribution in [0.3, 0.4) is 0 Å². The van der Waals surface area contributed by atoms with Crippen LogP contribution in [0.2, 0.25) is 0 Å². The van der Waals surface area contributed by atoms with Gasteiger partial charge in [0, 0.05) is 26.7 Å². The first-order chi connectivity index (χ1) is 11.0. The van der Waals surface area contributed by atoms with E-state index in [-0.39, 0.29) is 17.7 Å². The van der Waals surface area contributed by atoms with Gasteiger partial charge in [0.2, 0.25) is 0 Å². The van der Waals surface area contributed by atoms with Crippen molar-refractivity contribution in [2.45, 2.75) is 26.3 Å². The summed E-state index contributed by atoms with van der Waals surface area (Å²) in [6.45, 7) is 3.77. The lowest BCUT2D eigenvalue weighted by molar-refractivity contribution is -0.146. The van der Waals surface area contributed by atoms with Crippen LogP contribution in [0.1, 0.15) is 24.0 Å². The molecule has 0 saturated carbocycles. The summed E-state index contributed by atoms with van der Waals surface area (Å²) in [6, 6.07) is 5.22. The number of aryl methyl sites for hydroxylation is 1. The van der Waals surface area contributed by atoms with E-state index < -0.39 is 0 Å². The number of carbonyl (C=O) groups excluding carboxylic acids is 1. The molecule has 23 heavy (non-hydrogen) atoms. The highest BCUT2D eigenvalue weighted by molar-refractivity contribution is 5.80. The Morgan fingerprint density at radius 1 is 1.43 bits per heavy atom. The Labute approximate surface area is 136 Å². The van der Waals surface area contributed by atoms with Crippen LogP contribution in [-0.4, -0.2) is 44.1 Å². The fourth-order valence-corrected chi connectivity index (χ4v) is 2.75. The molecular formula is C17H24FN3O2. The summed E-state index contributed by atoms with van der Waals surface area (Å²) >= 11 is 0. The Morgan fingerprint density at radius 3 is 2.70 bits per heavy atom. The number of halogens is 1. The quantitative estimate of drug-likeness (QED) is 0.526. The Balaban J connectivity index is 1.89. The molecule has 126 valence electrons. The highest BCUT2D eigenvalue weighted by atomic mass is 19.1. The number of ether oxygens (including phenoxy) is 1. The predicted octanol–water partition coefficient (Wildman–Crippen LogP) is 2.09. The molecule has 0 radical (unpaired) electrons. The number of nitrogens with one attached hydrogen (secondary N) is 1. The van der Waals surface area contributed by atoms with Crippen LogP contribution in [-0.2, 0) is 16.1 Å². The molecule has 1 heterocycles. The predicted molar refractivity (Wildman–Crippen MR) is 87.6 cm³/mol. The molecule has 1 aliphatic heterocycles. The van der Waals surface area contributed by atoms with E-state index >= 15 is 0 Å². The minimum absolute atomic E-state index is 0.0273. The molecular weight excluding hydrogens is 297 g/mol. The van der Waals surface area contributed by atoms with Gasteiger partial charge in [-0.1, -0.05) is 12.1 Å². The Hall–Kier alpha value is -2.11. The molecule has 0 unspecified atom stereocenters. The highest BCUT2D eigenvalue weighted by Crippen LogP contribution is 2.18. The van der Waals surface area contributed by atoms with E-state index in [9.17, 15) is 9.18 Å². The summed E-state index contributed by atoms with van der Waals surface area (Å²) in [4.78, 5) is 18.0. The van der Waals surface area contributed by atoms with E-state index in [1.807, 2.05) is 6.07 Å². The van der Waals surface area contributed by atoms with E-state index in [4.69, 9.17) is 4.74 Å². The van der Waals surface area contributed by atoms with Gasteiger partial charge >= 0.3 is 5.97 Å². The van der Waals surface area contributed by atoms with Crippen molar-refractivity contribution in [2.75, 3.05) is 27.2 Å². The van der Waals surface area contributed by atoms with Crippen LogP contribution in [0.25, 0.3) is 0 Å². The Bertz CT molecular complexity index is 581. The zero-order valence-corrected chi connectivity index (χ0v) is 13.9. The number of hydrogen-bond donors (Lipinski definition) is 1. The van der Waals surface area contributed by atoms with Gasteiger partial charge < -0.3 is 15.0 Å². The molecule has 1 aliphatic rings. The van der Waals surface area contributed by atoms with Crippen molar-refractivity contribution >= 4 is 11.9 Å². The number of methoxy groups -OCH3 is 1. The third-order valence-corrected chi connectivity index (χ3v) is 4.23. The third-order valence-electron chi connectivity index (χ3n) is 4.23. The molecule has 1 fully saturated rings. The van der Waals surface area contributed by atoms with Gasteiger partial charge in [0.1, 0.15) is 5.82 Å². The van der Waals surface area contributed by atoms with Gasteiger partial charge in [-0.2, -0.15) is 0 Å². The molecule has 1 aromatic carbocycles. The van der Waals surface area contributed by atoms with Crippen molar-refractivity contribution in [3.05, 3.63) is 35.1 Å². The number of benzene rings is 1. The molecule has 5 nitrogen and oxygen atoms in total. The van der Waals surface area contributed by atoms with Crippen LogP contribution in [0.15, 0.2) is 23.2 Å². The maximum atomic E-state index is 13.6. The number of guanidine groups is 1. The van der Waals surface area contributed by atoms with E-state index in [1.54, 1.807) is 26.1 Å². The van der Waals surface area contributed by atoms with Crippen LogP contribution < -0.4 is 5.32 Å². The lowest BCUT2D eigenvalue weighted by atomic mass is 9.97. The van der Waals surface area contributed by atoms with Crippen molar-refractivity contribution < 1.29 is 13.9 Å². The highest BCUT2D eigenvalue weighted by Gasteiger charge is 2.26. The number of likely N-dealkylation sites (tertiary alicyclic amines) is 1. The number of hydrogen-bond acceptors (Lipinski definition) is 3. The Kier molecular flexibility index (Phi) is 5.96. The molecule has 0 aliphatic carbocycles. The summed E-state index contributed by atoms with van der Waals surface area (Å²) in [6.07, 6.45) is 1.51. The van der Waals surface area contributed by atoms with Crippen molar-refractivity contribution in [3.8, 4) is 0 Å². The molecule has 0 spiro atoms.